The Balaban J connectivity index is 1.65. The number of piperidine rings is 1. The predicted octanol–water partition coefficient (Wildman–Crippen LogP) is 2.04. The summed E-state index contributed by atoms with van der Waals surface area (Å²) in [7, 11) is 0. The third kappa shape index (κ3) is 4.45. The number of hydrogen-bond donors (Lipinski definition) is 2. The fourth-order valence-corrected chi connectivity index (χ4v) is 4.74. The lowest BCUT2D eigenvalue weighted by Crippen LogP contribution is -2.47. The quantitative estimate of drug-likeness (QED) is 0.781. The third-order valence-corrected chi connectivity index (χ3v) is 5.98. The molecule has 2 unspecified atom stereocenters. The molecule has 0 radical (unpaired) electrons. The summed E-state index contributed by atoms with van der Waals surface area (Å²) in [5.41, 5.74) is 5.32. The van der Waals surface area contributed by atoms with Crippen molar-refractivity contribution in [2.45, 2.75) is 75.5 Å². The summed E-state index contributed by atoms with van der Waals surface area (Å²) in [6.07, 6.45) is 15.7. The van der Waals surface area contributed by atoms with E-state index in [4.69, 9.17) is 10.7 Å². The number of rotatable bonds is 6. The molecule has 2 aliphatic heterocycles. The summed E-state index contributed by atoms with van der Waals surface area (Å²) >= 11 is 0. The SMILES string of the molecule is NC(=O)CN1CCCCC1CC1(CC2CCC(O)CC2)C=CC=N1. The molecule has 1 saturated heterocycles. The standard InChI is InChI=1S/C19H31N3O2/c20-18(24)14-22-11-2-1-4-16(22)13-19(9-3-10-21-19)12-15-5-7-17(23)8-6-15/h3,9-10,15-17,23H,1-2,4-8,11-14H2,(H2,20,24). The number of aliphatic imine (C=N–C) groups is 1. The van der Waals surface area contributed by atoms with Crippen LogP contribution in [0, 0.1) is 5.92 Å². The Hall–Kier alpha value is -1.20. The fraction of sp³-hybridized carbons (Fsp3) is 0.789. The van der Waals surface area contributed by atoms with Crippen molar-refractivity contribution in [1.29, 1.82) is 0 Å². The van der Waals surface area contributed by atoms with Crippen LogP contribution >= 0.6 is 0 Å². The van der Waals surface area contributed by atoms with Gasteiger partial charge in [-0.3, -0.25) is 14.7 Å². The van der Waals surface area contributed by atoms with Gasteiger partial charge in [0, 0.05) is 12.3 Å². The van der Waals surface area contributed by atoms with E-state index in [0.29, 0.717) is 18.5 Å². The molecule has 0 bridgehead atoms. The number of allylic oxidation sites excluding steroid dienone is 1. The molecule has 24 heavy (non-hydrogen) atoms. The van der Waals surface area contributed by atoms with Crippen LogP contribution in [-0.4, -0.2) is 52.9 Å². The first-order valence-corrected chi connectivity index (χ1v) is 9.50. The van der Waals surface area contributed by atoms with E-state index in [1.165, 1.54) is 6.42 Å². The Morgan fingerprint density at radius 2 is 2.00 bits per heavy atom. The molecule has 134 valence electrons. The van der Waals surface area contributed by atoms with Crippen molar-refractivity contribution in [1.82, 2.24) is 4.90 Å². The first-order chi connectivity index (χ1) is 11.6. The van der Waals surface area contributed by atoms with Gasteiger partial charge in [-0.05, 0) is 69.9 Å². The Kier molecular flexibility index (Phi) is 5.72. The smallest absolute Gasteiger partial charge is 0.231 e. The summed E-state index contributed by atoms with van der Waals surface area (Å²) < 4.78 is 0. The number of aliphatic hydroxyl groups is 1. The van der Waals surface area contributed by atoms with Gasteiger partial charge in [-0.25, -0.2) is 0 Å². The van der Waals surface area contributed by atoms with Gasteiger partial charge in [-0.2, -0.15) is 0 Å². The summed E-state index contributed by atoms with van der Waals surface area (Å²) in [5.74, 6) is 0.407. The van der Waals surface area contributed by atoms with Crippen LogP contribution in [0.2, 0.25) is 0 Å². The Morgan fingerprint density at radius 3 is 2.67 bits per heavy atom. The van der Waals surface area contributed by atoms with Gasteiger partial charge in [0.2, 0.25) is 5.91 Å². The third-order valence-electron chi connectivity index (χ3n) is 5.98. The Morgan fingerprint density at radius 1 is 1.21 bits per heavy atom. The summed E-state index contributed by atoms with van der Waals surface area (Å²) in [4.78, 5) is 18.5. The molecule has 0 aromatic carbocycles. The van der Waals surface area contributed by atoms with E-state index in [0.717, 1.165) is 57.9 Å². The van der Waals surface area contributed by atoms with Crippen molar-refractivity contribution in [3.63, 3.8) is 0 Å². The molecule has 1 amide bonds. The number of aliphatic hydroxyl groups excluding tert-OH is 1. The van der Waals surface area contributed by atoms with E-state index in [1.807, 2.05) is 6.21 Å². The van der Waals surface area contributed by atoms with Crippen LogP contribution in [0.25, 0.3) is 0 Å². The topological polar surface area (TPSA) is 78.9 Å². The molecule has 1 aliphatic carbocycles. The monoisotopic (exact) mass is 333 g/mol. The van der Waals surface area contributed by atoms with Gasteiger partial charge in [-0.1, -0.05) is 12.5 Å². The normalized spacial score (nSPS) is 37.0. The van der Waals surface area contributed by atoms with E-state index in [1.54, 1.807) is 0 Å². The van der Waals surface area contributed by atoms with Crippen molar-refractivity contribution in [3.05, 3.63) is 12.2 Å². The maximum Gasteiger partial charge on any atom is 0.231 e. The van der Waals surface area contributed by atoms with Gasteiger partial charge >= 0.3 is 0 Å². The second-order valence-electron chi connectivity index (χ2n) is 7.91. The molecule has 2 heterocycles. The van der Waals surface area contributed by atoms with Crippen molar-refractivity contribution < 1.29 is 9.90 Å². The minimum atomic E-state index is -0.234. The number of nitrogens with two attached hydrogens (primary N) is 1. The van der Waals surface area contributed by atoms with Gasteiger partial charge in [-0.15, -0.1) is 0 Å². The molecule has 5 nitrogen and oxygen atoms in total. The molecule has 0 spiro atoms. The molecule has 5 heteroatoms. The second-order valence-corrected chi connectivity index (χ2v) is 7.91. The van der Waals surface area contributed by atoms with Crippen LogP contribution in [0.5, 0.6) is 0 Å². The van der Waals surface area contributed by atoms with Gasteiger partial charge in [0.1, 0.15) is 0 Å². The maximum absolute atomic E-state index is 11.4. The number of amides is 1. The van der Waals surface area contributed by atoms with Crippen LogP contribution in [0.1, 0.15) is 57.8 Å². The van der Waals surface area contributed by atoms with Gasteiger partial charge < -0.3 is 10.8 Å². The van der Waals surface area contributed by atoms with Crippen LogP contribution < -0.4 is 5.73 Å². The van der Waals surface area contributed by atoms with Crippen molar-refractivity contribution in [2.75, 3.05) is 13.1 Å². The molecule has 0 aromatic rings. The molecule has 2 atom stereocenters. The maximum atomic E-state index is 11.4. The van der Waals surface area contributed by atoms with E-state index in [-0.39, 0.29) is 17.6 Å². The van der Waals surface area contributed by atoms with E-state index < -0.39 is 0 Å². The van der Waals surface area contributed by atoms with E-state index in [9.17, 15) is 9.90 Å². The highest BCUT2D eigenvalue weighted by Crippen LogP contribution is 2.39. The first-order valence-electron chi connectivity index (χ1n) is 9.50. The molecule has 2 fully saturated rings. The lowest BCUT2D eigenvalue weighted by molar-refractivity contribution is -0.120. The molecule has 1 saturated carbocycles. The molecular weight excluding hydrogens is 302 g/mol. The number of carbonyl (C=O) groups is 1. The highest BCUT2D eigenvalue weighted by atomic mass is 16.3. The second kappa shape index (κ2) is 7.79. The molecule has 3 aliphatic rings. The van der Waals surface area contributed by atoms with Crippen LogP contribution in [-0.2, 0) is 4.79 Å². The first kappa shape index (κ1) is 17.6. The van der Waals surface area contributed by atoms with Crippen molar-refractivity contribution in [3.8, 4) is 0 Å². The van der Waals surface area contributed by atoms with Crippen LogP contribution in [0.3, 0.4) is 0 Å². The van der Waals surface area contributed by atoms with Crippen molar-refractivity contribution >= 4 is 12.1 Å². The zero-order valence-corrected chi connectivity index (χ0v) is 14.6. The highest BCUT2D eigenvalue weighted by Gasteiger charge is 2.37. The van der Waals surface area contributed by atoms with Gasteiger partial charge in [0.05, 0.1) is 18.2 Å². The highest BCUT2D eigenvalue weighted by molar-refractivity contribution is 5.76. The lowest BCUT2D eigenvalue weighted by atomic mass is 9.75. The Labute approximate surface area is 145 Å². The fourth-order valence-electron chi connectivity index (χ4n) is 4.74. The summed E-state index contributed by atoms with van der Waals surface area (Å²) in [5, 5.41) is 9.74. The number of carbonyl (C=O) groups excluding carboxylic acids is 1. The van der Waals surface area contributed by atoms with Gasteiger partial charge in [0.15, 0.2) is 0 Å². The zero-order valence-electron chi connectivity index (χ0n) is 14.6. The Bertz CT molecular complexity index is 483. The molecular formula is C19H31N3O2. The van der Waals surface area contributed by atoms with E-state index in [2.05, 4.69) is 17.1 Å². The summed E-state index contributed by atoms with van der Waals surface area (Å²) in [6, 6.07) is 0.389. The van der Waals surface area contributed by atoms with Crippen LogP contribution in [0.15, 0.2) is 17.1 Å². The minimum absolute atomic E-state index is 0.107. The average molecular weight is 333 g/mol. The molecule has 3 rings (SSSR count). The predicted molar refractivity (Wildman–Crippen MR) is 96.0 cm³/mol. The number of likely N-dealkylation sites (tertiary alicyclic amines) is 1. The number of hydrogen-bond acceptors (Lipinski definition) is 4. The van der Waals surface area contributed by atoms with Crippen molar-refractivity contribution in [2.24, 2.45) is 16.6 Å². The molecule has 3 N–H and O–H groups in total. The number of nitrogens with zero attached hydrogens (tertiary/aromatic N) is 2. The number of primary amides is 1. The minimum Gasteiger partial charge on any atom is -0.393 e. The zero-order chi connectivity index (χ0) is 17.0. The van der Waals surface area contributed by atoms with E-state index >= 15 is 0 Å². The average Bonchev–Trinajstić information content (AvgIpc) is 2.99. The summed E-state index contributed by atoms with van der Waals surface area (Å²) in [6.45, 7) is 1.33. The van der Waals surface area contributed by atoms with Gasteiger partial charge in [0.25, 0.3) is 0 Å². The molecule has 0 aromatic heterocycles. The largest absolute Gasteiger partial charge is 0.393 e. The van der Waals surface area contributed by atoms with Crippen LogP contribution in [0.4, 0.5) is 0 Å². The lowest BCUT2D eigenvalue weighted by Gasteiger charge is -2.40.